The van der Waals surface area contributed by atoms with Gasteiger partial charge in [0.25, 0.3) is 3.00 Å². The van der Waals surface area contributed by atoms with E-state index in [0.29, 0.717) is 0 Å². The zero-order valence-electron chi connectivity index (χ0n) is 6.92. The fourth-order valence-electron chi connectivity index (χ4n) is 0.786. The monoisotopic (exact) mass is 324 g/mol. The van der Waals surface area contributed by atoms with E-state index in [9.17, 15) is 8.42 Å². The Balaban J connectivity index is 3.36. The average molecular weight is 326 g/mol. The van der Waals surface area contributed by atoms with E-state index < -0.39 is 12.8 Å². The van der Waals surface area contributed by atoms with Gasteiger partial charge in [0.05, 0.1) is 14.9 Å². The van der Waals surface area contributed by atoms with Crippen LogP contribution in [-0.2, 0) is 9.84 Å². The van der Waals surface area contributed by atoms with Gasteiger partial charge >= 0.3 is 0 Å². The summed E-state index contributed by atoms with van der Waals surface area (Å²) >= 11 is 25.7. The third-order valence-corrected chi connectivity index (χ3v) is 5.72. The summed E-state index contributed by atoms with van der Waals surface area (Å²) < 4.78 is 21.1. The highest BCUT2D eigenvalue weighted by atomic mass is 35.5. The summed E-state index contributed by atoms with van der Waals surface area (Å²) in [6.45, 7) is 0. The van der Waals surface area contributed by atoms with Gasteiger partial charge in [-0.3, -0.25) is 0 Å². The third kappa shape index (κ3) is 2.87. The molecule has 1 aromatic rings. The van der Waals surface area contributed by atoms with E-state index in [-0.39, 0.29) is 14.9 Å². The number of hydrogen-bond donors (Lipinski definition) is 1. The molecule has 0 fully saturated rings. The topological polar surface area (TPSA) is 34.1 Å². The molecule has 1 aromatic carbocycles. The molecule has 0 aromatic heterocycles. The molecule has 0 saturated heterocycles. The normalized spacial score (nSPS) is 12.9. The molecule has 15 heavy (non-hydrogen) atoms. The van der Waals surface area contributed by atoms with E-state index in [0.717, 1.165) is 6.07 Å². The van der Waals surface area contributed by atoms with Crippen molar-refractivity contribution in [3.05, 3.63) is 28.2 Å². The fourth-order valence-corrected chi connectivity index (χ4v) is 2.80. The van der Waals surface area contributed by atoms with Gasteiger partial charge in [-0.1, -0.05) is 46.4 Å². The van der Waals surface area contributed by atoms with Crippen molar-refractivity contribution in [2.45, 2.75) is 7.89 Å². The molecule has 0 N–H and O–H groups in total. The molecule has 8 heteroatoms. The Labute approximate surface area is 113 Å². The second-order valence-corrected chi connectivity index (χ2v) is 8.75. The van der Waals surface area contributed by atoms with Gasteiger partial charge < -0.3 is 0 Å². The largest absolute Gasteiger partial charge is 0.266 e. The van der Waals surface area contributed by atoms with Crippen molar-refractivity contribution in [2.75, 3.05) is 0 Å². The van der Waals surface area contributed by atoms with Crippen molar-refractivity contribution in [1.82, 2.24) is 0 Å². The summed E-state index contributed by atoms with van der Waals surface area (Å²) in [5.74, 6) is 0. The molecule has 84 valence electrons. The minimum atomic E-state index is -3.96. The van der Waals surface area contributed by atoms with Crippen LogP contribution in [0.3, 0.4) is 0 Å². The van der Waals surface area contributed by atoms with Crippen molar-refractivity contribution in [3.8, 4) is 0 Å². The Morgan fingerprint density at radius 2 is 1.67 bits per heavy atom. The Morgan fingerprint density at radius 1 is 1.13 bits per heavy atom. The zero-order chi connectivity index (χ0) is 11.9. The number of alkyl halides is 2. The van der Waals surface area contributed by atoms with Crippen molar-refractivity contribution >= 4 is 68.9 Å². The Kier molecular flexibility index (Phi) is 4.13. The van der Waals surface area contributed by atoms with Crippen molar-refractivity contribution in [2.24, 2.45) is 0 Å². The van der Waals surface area contributed by atoms with Crippen LogP contribution in [0.4, 0.5) is 0 Å². The molecule has 0 atom stereocenters. The van der Waals surface area contributed by atoms with Crippen LogP contribution in [0, 0.1) is 0 Å². The van der Waals surface area contributed by atoms with E-state index in [2.05, 4.69) is 12.6 Å². The van der Waals surface area contributed by atoms with Crippen LogP contribution in [0.5, 0.6) is 0 Å². The molecule has 0 saturated carbocycles. The molecule has 0 aliphatic carbocycles. The summed E-state index contributed by atoms with van der Waals surface area (Å²) in [5, 5.41) is 0.341. The number of thiol groups is 1. The van der Waals surface area contributed by atoms with Crippen LogP contribution in [0.15, 0.2) is 23.1 Å². The van der Waals surface area contributed by atoms with Crippen LogP contribution < -0.4 is 0 Å². The van der Waals surface area contributed by atoms with Crippen LogP contribution in [0.2, 0.25) is 10.0 Å². The van der Waals surface area contributed by atoms with Gasteiger partial charge in [0.2, 0.25) is 9.84 Å². The smallest absolute Gasteiger partial charge is 0.220 e. The second kappa shape index (κ2) is 4.51. The summed E-state index contributed by atoms with van der Waals surface area (Å²) in [7, 11) is -3.96. The fraction of sp³-hybridized carbons (Fsp3) is 0.143. The van der Waals surface area contributed by atoms with Crippen molar-refractivity contribution in [3.63, 3.8) is 0 Å². The van der Waals surface area contributed by atoms with Gasteiger partial charge in [0.1, 0.15) is 0 Å². The molecule has 0 bridgehead atoms. The molecule has 0 aliphatic heterocycles. The lowest BCUT2D eigenvalue weighted by molar-refractivity contribution is 0.597. The minimum Gasteiger partial charge on any atom is -0.220 e. The van der Waals surface area contributed by atoms with Crippen LogP contribution in [-0.4, -0.2) is 11.4 Å². The summed E-state index contributed by atoms with van der Waals surface area (Å²) in [5.41, 5.74) is 0. The summed E-state index contributed by atoms with van der Waals surface area (Å²) in [6.07, 6.45) is 0. The van der Waals surface area contributed by atoms with Gasteiger partial charge in [-0.2, -0.15) is 0 Å². The zero-order valence-corrected chi connectivity index (χ0v) is 11.7. The molecule has 0 spiro atoms. The van der Waals surface area contributed by atoms with E-state index in [4.69, 9.17) is 46.4 Å². The molecule has 1 rings (SSSR count). The van der Waals surface area contributed by atoms with E-state index in [1.165, 1.54) is 12.1 Å². The SMILES string of the molecule is O=S(=O)(c1ccc(Cl)c(Cl)c1)C(S)(Cl)Cl. The average Bonchev–Trinajstić information content (AvgIpc) is 2.07. The first-order valence-electron chi connectivity index (χ1n) is 3.46. The molecular formula is C7H4Cl4O2S2. The highest BCUT2D eigenvalue weighted by molar-refractivity contribution is 8.10. The van der Waals surface area contributed by atoms with Crippen LogP contribution in [0.25, 0.3) is 0 Å². The van der Waals surface area contributed by atoms with Gasteiger partial charge in [0, 0.05) is 0 Å². The molecule has 0 aliphatic rings. The van der Waals surface area contributed by atoms with Crippen molar-refractivity contribution < 1.29 is 8.42 Å². The number of hydrogen-bond acceptors (Lipinski definition) is 3. The third-order valence-electron chi connectivity index (χ3n) is 1.52. The summed E-state index contributed by atoms with van der Waals surface area (Å²) in [4.78, 5) is -0.142. The van der Waals surface area contributed by atoms with Gasteiger partial charge in [-0.15, -0.1) is 12.6 Å². The number of benzene rings is 1. The maximum Gasteiger partial charge on any atom is 0.266 e. The van der Waals surface area contributed by atoms with Gasteiger partial charge in [-0.25, -0.2) is 8.42 Å². The van der Waals surface area contributed by atoms with E-state index in [1.807, 2.05) is 0 Å². The van der Waals surface area contributed by atoms with Crippen molar-refractivity contribution in [1.29, 1.82) is 0 Å². The first-order valence-corrected chi connectivity index (χ1v) is 6.90. The predicted octanol–water partition coefficient (Wildman–Crippen LogP) is 3.79. The lowest BCUT2D eigenvalue weighted by atomic mass is 10.4. The molecule has 0 amide bonds. The Bertz CT molecular complexity index is 478. The second-order valence-electron chi connectivity index (χ2n) is 2.57. The standard InChI is InChI=1S/C7H4Cl4O2S2/c8-5-2-1-4(3-6(5)9)15(12,13)7(10,11)14/h1-3,14H. The molecule has 0 unspecified atom stereocenters. The Hall–Kier alpha value is 0.680. The maximum absolute atomic E-state index is 11.7. The number of sulfone groups is 1. The first kappa shape index (κ1) is 13.7. The van der Waals surface area contributed by atoms with E-state index in [1.54, 1.807) is 0 Å². The molecular weight excluding hydrogens is 322 g/mol. The number of halogens is 4. The predicted molar refractivity (Wildman–Crippen MR) is 67.1 cm³/mol. The van der Waals surface area contributed by atoms with Gasteiger partial charge in [-0.05, 0) is 18.2 Å². The molecule has 2 nitrogen and oxygen atoms in total. The highest BCUT2D eigenvalue weighted by Crippen LogP contribution is 2.38. The van der Waals surface area contributed by atoms with E-state index >= 15 is 0 Å². The lowest BCUT2D eigenvalue weighted by Crippen LogP contribution is -2.19. The molecule has 0 heterocycles. The summed E-state index contributed by atoms with van der Waals surface area (Å²) in [6, 6.07) is 3.75. The highest BCUT2D eigenvalue weighted by Gasteiger charge is 2.37. The van der Waals surface area contributed by atoms with Gasteiger partial charge in [0.15, 0.2) is 0 Å². The lowest BCUT2D eigenvalue weighted by Gasteiger charge is -2.13. The van der Waals surface area contributed by atoms with Crippen LogP contribution in [0.1, 0.15) is 0 Å². The first-order chi connectivity index (χ1) is 6.66. The van der Waals surface area contributed by atoms with Crippen LogP contribution >= 0.6 is 59.0 Å². The Morgan fingerprint density at radius 3 is 2.07 bits per heavy atom. The number of rotatable bonds is 2. The molecule has 0 radical (unpaired) electrons. The minimum absolute atomic E-state index is 0.101. The quantitative estimate of drug-likeness (QED) is 0.663. The maximum atomic E-state index is 11.7.